The summed E-state index contributed by atoms with van der Waals surface area (Å²) in [6.45, 7) is 2.63. The van der Waals surface area contributed by atoms with Crippen LogP contribution in [0.3, 0.4) is 0 Å². The van der Waals surface area contributed by atoms with Gasteiger partial charge in [-0.25, -0.2) is 0 Å². The lowest BCUT2D eigenvalue weighted by Gasteiger charge is -2.28. The van der Waals surface area contributed by atoms with Gasteiger partial charge < -0.3 is 14.1 Å². The number of furan rings is 1. The molecule has 1 saturated heterocycles. The first-order valence-corrected chi connectivity index (χ1v) is 7.57. The van der Waals surface area contributed by atoms with E-state index in [2.05, 4.69) is 4.98 Å². The van der Waals surface area contributed by atoms with Gasteiger partial charge in [-0.15, -0.1) is 0 Å². The van der Waals surface area contributed by atoms with E-state index in [4.69, 9.17) is 9.15 Å². The number of aryl methyl sites for hydroxylation is 1. The number of ether oxygens (including phenoxy) is 1. The standard InChI is InChI=1S/C17H20N2O3/c1-3-15-13(6-9-21-15)17(20)19(2)14-7-10-22-16(14)12-5-4-8-18-11-12/h4-6,8-9,11,14,16H,3,7,10H2,1-2H3/t14-,16+/m0/s1. The van der Waals surface area contributed by atoms with Crippen molar-refractivity contribution in [3.63, 3.8) is 0 Å². The molecule has 1 amide bonds. The van der Waals surface area contributed by atoms with Gasteiger partial charge in [-0.2, -0.15) is 0 Å². The predicted molar refractivity (Wildman–Crippen MR) is 81.5 cm³/mol. The van der Waals surface area contributed by atoms with Gasteiger partial charge in [0.2, 0.25) is 0 Å². The van der Waals surface area contributed by atoms with Crippen LogP contribution in [0.4, 0.5) is 0 Å². The first-order valence-electron chi connectivity index (χ1n) is 7.57. The van der Waals surface area contributed by atoms with Crippen LogP contribution in [0, 0.1) is 0 Å². The summed E-state index contributed by atoms with van der Waals surface area (Å²) < 4.78 is 11.2. The summed E-state index contributed by atoms with van der Waals surface area (Å²) in [5, 5.41) is 0. The number of carbonyl (C=O) groups excluding carboxylic acids is 1. The number of nitrogens with zero attached hydrogens (tertiary/aromatic N) is 2. The molecule has 1 aliphatic heterocycles. The smallest absolute Gasteiger partial charge is 0.257 e. The van der Waals surface area contributed by atoms with E-state index >= 15 is 0 Å². The molecule has 22 heavy (non-hydrogen) atoms. The van der Waals surface area contributed by atoms with Gasteiger partial charge in [-0.1, -0.05) is 13.0 Å². The summed E-state index contributed by atoms with van der Waals surface area (Å²) >= 11 is 0. The van der Waals surface area contributed by atoms with E-state index in [0.29, 0.717) is 18.6 Å². The SMILES string of the molecule is CCc1occc1C(=O)N(C)[C@H]1CCO[C@@H]1c1cccnc1. The molecule has 5 nitrogen and oxygen atoms in total. The van der Waals surface area contributed by atoms with Crippen molar-refractivity contribution in [2.75, 3.05) is 13.7 Å². The fraction of sp³-hybridized carbons (Fsp3) is 0.412. The minimum atomic E-state index is -0.125. The van der Waals surface area contributed by atoms with Crippen LogP contribution in [0.5, 0.6) is 0 Å². The normalized spacial score (nSPS) is 21.0. The van der Waals surface area contributed by atoms with Crippen LogP contribution < -0.4 is 0 Å². The number of likely N-dealkylation sites (N-methyl/N-ethyl adjacent to an activating group) is 1. The Balaban J connectivity index is 1.82. The monoisotopic (exact) mass is 300 g/mol. The number of carbonyl (C=O) groups is 1. The lowest BCUT2D eigenvalue weighted by molar-refractivity contribution is 0.0513. The fourth-order valence-corrected chi connectivity index (χ4v) is 2.98. The number of aromatic nitrogens is 1. The summed E-state index contributed by atoms with van der Waals surface area (Å²) in [6, 6.07) is 5.63. The Hall–Kier alpha value is -2.14. The highest BCUT2D eigenvalue weighted by atomic mass is 16.5. The Labute approximate surface area is 129 Å². The molecule has 2 atom stereocenters. The van der Waals surface area contributed by atoms with E-state index in [1.165, 1.54) is 0 Å². The third-order valence-electron chi connectivity index (χ3n) is 4.19. The number of amides is 1. The Kier molecular flexibility index (Phi) is 4.24. The molecule has 0 bridgehead atoms. The summed E-state index contributed by atoms with van der Waals surface area (Å²) in [5.41, 5.74) is 1.65. The second-order valence-electron chi connectivity index (χ2n) is 5.46. The highest BCUT2D eigenvalue weighted by Crippen LogP contribution is 2.32. The van der Waals surface area contributed by atoms with E-state index in [1.54, 1.807) is 29.6 Å². The minimum absolute atomic E-state index is 0.0105. The minimum Gasteiger partial charge on any atom is -0.469 e. The van der Waals surface area contributed by atoms with Gasteiger partial charge in [0.1, 0.15) is 11.9 Å². The van der Waals surface area contributed by atoms with Crippen LogP contribution in [0.1, 0.15) is 41.1 Å². The van der Waals surface area contributed by atoms with Crippen molar-refractivity contribution in [1.82, 2.24) is 9.88 Å². The van der Waals surface area contributed by atoms with E-state index in [-0.39, 0.29) is 18.1 Å². The molecule has 5 heteroatoms. The van der Waals surface area contributed by atoms with Crippen molar-refractivity contribution >= 4 is 5.91 Å². The first kappa shape index (κ1) is 14.8. The van der Waals surface area contributed by atoms with E-state index < -0.39 is 0 Å². The molecule has 0 aromatic carbocycles. The largest absolute Gasteiger partial charge is 0.469 e. The Morgan fingerprint density at radius 3 is 3.05 bits per heavy atom. The third kappa shape index (κ3) is 2.64. The Morgan fingerprint density at radius 1 is 1.45 bits per heavy atom. The lowest BCUT2D eigenvalue weighted by atomic mass is 10.0. The van der Waals surface area contributed by atoms with Gasteiger partial charge in [0.15, 0.2) is 0 Å². The molecule has 116 valence electrons. The lowest BCUT2D eigenvalue weighted by Crippen LogP contribution is -2.39. The maximum atomic E-state index is 12.7. The van der Waals surface area contributed by atoms with Crippen molar-refractivity contribution in [3.05, 3.63) is 53.7 Å². The van der Waals surface area contributed by atoms with Crippen LogP contribution in [0.25, 0.3) is 0 Å². The molecule has 0 radical (unpaired) electrons. The molecule has 2 aromatic rings. The highest BCUT2D eigenvalue weighted by molar-refractivity contribution is 5.95. The van der Waals surface area contributed by atoms with Gasteiger partial charge in [0.25, 0.3) is 5.91 Å². The molecule has 0 spiro atoms. The van der Waals surface area contributed by atoms with E-state index in [0.717, 1.165) is 17.7 Å². The Morgan fingerprint density at radius 2 is 2.32 bits per heavy atom. The molecule has 0 saturated carbocycles. The Bertz CT molecular complexity index is 638. The van der Waals surface area contributed by atoms with Crippen molar-refractivity contribution in [2.45, 2.75) is 31.9 Å². The van der Waals surface area contributed by atoms with Crippen molar-refractivity contribution in [1.29, 1.82) is 0 Å². The summed E-state index contributed by atoms with van der Waals surface area (Å²) in [4.78, 5) is 18.7. The molecule has 0 unspecified atom stereocenters. The average Bonchev–Trinajstić information content (AvgIpc) is 3.23. The first-order chi connectivity index (χ1) is 10.7. The topological polar surface area (TPSA) is 55.6 Å². The predicted octanol–water partition coefficient (Wildman–Crippen LogP) is 2.84. The van der Waals surface area contributed by atoms with Gasteiger partial charge in [0, 0.05) is 38.0 Å². The molecule has 2 aromatic heterocycles. The molecule has 3 rings (SSSR count). The van der Waals surface area contributed by atoms with Crippen LogP contribution in [0.15, 0.2) is 41.3 Å². The molecule has 0 aliphatic carbocycles. The maximum absolute atomic E-state index is 12.7. The number of hydrogen-bond acceptors (Lipinski definition) is 4. The number of pyridine rings is 1. The van der Waals surface area contributed by atoms with Crippen molar-refractivity contribution in [3.8, 4) is 0 Å². The zero-order chi connectivity index (χ0) is 15.5. The highest BCUT2D eigenvalue weighted by Gasteiger charge is 2.36. The van der Waals surface area contributed by atoms with Crippen molar-refractivity contribution < 1.29 is 13.9 Å². The van der Waals surface area contributed by atoms with Gasteiger partial charge in [-0.3, -0.25) is 9.78 Å². The molecule has 1 aliphatic rings. The molecular weight excluding hydrogens is 280 g/mol. The quantitative estimate of drug-likeness (QED) is 0.871. The molecule has 0 N–H and O–H groups in total. The summed E-state index contributed by atoms with van der Waals surface area (Å²) in [7, 11) is 1.83. The zero-order valence-corrected chi connectivity index (χ0v) is 12.9. The number of rotatable bonds is 4. The maximum Gasteiger partial charge on any atom is 0.257 e. The van der Waals surface area contributed by atoms with Gasteiger partial charge in [0.05, 0.1) is 17.9 Å². The second-order valence-corrected chi connectivity index (χ2v) is 5.46. The van der Waals surface area contributed by atoms with Gasteiger partial charge >= 0.3 is 0 Å². The van der Waals surface area contributed by atoms with Crippen molar-refractivity contribution in [2.24, 2.45) is 0 Å². The van der Waals surface area contributed by atoms with E-state index in [1.807, 2.05) is 26.1 Å². The fourth-order valence-electron chi connectivity index (χ4n) is 2.98. The second kappa shape index (κ2) is 6.32. The molecule has 1 fully saturated rings. The zero-order valence-electron chi connectivity index (χ0n) is 12.9. The summed E-state index contributed by atoms with van der Waals surface area (Å²) in [5.74, 6) is 0.712. The van der Waals surface area contributed by atoms with Gasteiger partial charge in [-0.05, 0) is 18.6 Å². The van der Waals surface area contributed by atoms with Crippen LogP contribution in [-0.2, 0) is 11.2 Å². The van der Waals surface area contributed by atoms with Crippen LogP contribution in [-0.4, -0.2) is 35.5 Å². The summed E-state index contributed by atoms with van der Waals surface area (Å²) in [6.07, 6.45) is 6.51. The van der Waals surface area contributed by atoms with E-state index in [9.17, 15) is 4.79 Å². The average molecular weight is 300 g/mol. The van der Waals surface area contributed by atoms with Crippen LogP contribution in [0.2, 0.25) is 0 Å². The third-order valence-corrected chi connectivity index (χ3v) is 4.19. The number of hydrogen-bond donors (Lipinski definition) is 0. The van der Waals surface area contributed by atoms with Crippen LogP contribution >= 0.6 is 0 Å². The molecule has 3 heterocycles. The molecular formula is C17H20N2O3.